The number of nitrogens with one attached hydrogen (secondary N) is 3. The molecule has 2 aliphatic heterocycles. The summed E-state index contributed by atoms with van der Waals surface area (Å²) in [5.41, 5.74) is 0.928. The number of ether oxygens (including phenoxy) is 1. The Hall–Kier alpha value is -2.85. The Kier molecular flexibility index (Phi) is 7.51. The molecule has 2 aromatic rings. The smallest absolute Gasteiger partial charge is 0.378 e. The Balaban J connectivity index is 1.54. The van der Waals surface area contributed by atoms with E-state index >= 15 is 0 Å². The zero-order chi connectivity index (χ0) is 25.2. The van der Waals surface area contributed by atoms with E-state index in [-0.39, 0.29) is 36.5 Å². The standard InChI is InChI=1S/C25H30F4N4O2/c1-33(2)11-10-30-24(34)31-14-18-7-8-19-22(15-4-3-5-17(26)12-15)32-21-9-6-16(25(27,28)29)13-20(21)23(19)35-18/h3-6,9,12-13,18-19,22-23,32H,7-8,10-11,14H2,1-2H3,(H2,30,31,34)/t18-,19+,22+,23+/m1/s1. The first-order chi connectivity index (χ1) is 16.6. The van der Waals surface area contributed by atoms with Gasteiger partial charge in [-0.1, -0.05) is 12.1 Å². The van der Waals surface area contributed by atoms with Crippen molar-refractivity contribution >= 4 is 11.7 Å². The third kappa shape index (κ3) is 6.05. The summed E-state index contributed by atoms with van der Waals surface area (Å²) >= 11 is 0. The molecule has 0 aromatic heterocycles. The second-order valence-corrected chi connectivity index (χ2v) is 9.34. The van der Waals surface area contributed by atoms with E-state index in [0.717, 1.165) is 12.1 Å². The molecule has 2 amide bonds. The predicted octanol–water partition coefficient (Wildman–Crippen LogP) is 4.71. The number of benzene rings is 2. The van der Waals surface area contributed by atoms with Crippen molar-refractivity contribution in [2.24, 2.45) is 5.92 Å². The van der Waals surface area contributed by atoms with E-state index in [0.29, 0.717) is 42.7 Å². The average molecular weight is 495 g/mol. The Morgan fingerprint density at radius 2 is 1.94 bits per heavy atom. The minimum atomic E-state index is -4.48. The number of amides is 2. The normalized spacial score (nSPS) is 23.7. The number of hydrogen-bond acceptors (Lipinski definition) is 4. The van der Waals surface area contributed by atoms with Crippen molar-refractivity contribution < 1.29 is 27.1 Å². The molecule has 0 spiro atoms. The topological polar surface area (TPSA) is 65.6 Å². The van der Waals surface area contributed by atoms with Gasteiger partial charge in [0, 0.05) is 36.8 Å². The first-order valence-corrected chi connectivity index (χ1v) is 11.7. The van der Waals surface area contributed by atoms with Crippen molar-refractivity contribution in [1.82, 2.24) is 15.5 Å². The highest BCUT2D eigenvalue weighted by Gasteiger charge is 2.43. The van der Waals surface area contributed by atoms with Gasteiger partial charge in [-0.05, 0) is 62.8 Å². The van der Waals surface area contributed by atoms with Gasteiger partial charge >= 0.3 is 12.2 Å². The second-order valence-electron chi connectivity index (χ2n) is 9.34. The fraction of sp³-hybridized carbons (Fsp3) is 0.480. The van der Waals surface area contributed by atoms with Crippen LogP contribution >= 0.6 is 0 Å². The zero-order valence-electron chi connectivity index (χ0n) is 19.7. The molecule has 0 unspecified atom stereocenters. The maximum absolute atomic E-state index is 14.0. The van der Waals surface area contributed by atoms with Crippen LogP contribution in [-0.2, 0) is 10.9 Å². The summed E-state index contributed by atoms with van der Waals surface area (Å²) in [6, 6.07) is 9.16. The summed E-state index contributed by atoms with van der Waals surface area (Å²) in [7, 11) is 3.81. The van der Waals surface area contributed by atoms with Crippen LogP contribution in [0.15, 0.2) is 42.5 Å². The molecule has 6 nitrogen and oxygen atoms in total. The van der Waals surface area contributed by atoms with Gasteiger partial charge in [0.2, 0.25) is 0 Å². The number of urea groups is 1. The molecular formula is C25H30F4N4O2. The number of carbonyl (C=O) groups is 1. The molecule has 0 saturated carbocycles. The second kappa shape index (κ2) is 10.4. The fourth-order valence-corrected chi connectivity index (χ4v) is 4.77. The van der Waals surface area contributed by atoms with Gasteiger partial charge in [-0.2, -0.15) is 13.2 Å². The van der Waals surface area contributed by atoms with Crippen molar-refractivity contribution in [2.45, 2.75) is 37.3 Å². The van der Waals surface area contributed by atoms with Gasteiger partial charge in [0.15, 0.2) is 0 Å². The van der Waals surface area contributed by atoms with Crippen LogP contribution in [-0.4, -0.2) is 50.8 Å². The monoisotopic (exact) mass is 494 g/mol. The van der Waals surface area contributed by atoms with Crippen molar-refractivity contribution in [3.63, 3.8) is 0 Å². The summed E-state index contributed by atoms with van der Waals surface area (Å²) < 4.78 is 60.6. The van der Waals surface area contributed by atoms with E-state index in [1.165, 1.54) is 18.2 Å². The van der Waals surface area contributed by atoms with Crippen molar-refractivity contribution in [3.05, 3.63) is 65.0 Å². The molecule has 2 aromatic carbocycles. The number of fused-ring (bicyclic) bond motifs is 3. The Labute approximate surface area is 202 Å². The van der Waals surface area contributed by atoms with Crippen LogP contribution < -0.4 is 16.0 Å². The fourth-order valence-electron chi connectivity index (χ4n) is 4.77. The first-order valence-electron chi connectivity index (χ1n) is 11.7. The molecule has 0 bridgehead atoms. The van der Waals surface area contributed by atoms with Crippen LogP contribution in [0.1, 0.15) is 41.7 Å². The van der Waals surface area contributed by atoms with Gasteiger partial charge in [-0.3, -0.25) is 0 Å². The molecule has 2 aliphatic rings. The number of rotatable bonds is 6. The van der Waals surface area contributed by atoms with Gasteiger partial charge in [-0.25, -0.2) is 9.18 Å². The molecular weight excluding hydrogens is 464 g/mol. The lowest BCUT2D eigenvalue weighted by atomic mass is 9.76. The average Bonchev–Trinajstić information content (AvgIpc) is 2.81. The van der Waals surface area contributed by atoms with E-state index in [2.05, 4.69) is 16.0 Å². The summed E-state index contributed by atoms with van der Waals surface area (Å²) in [4.78, 5) is 14.1. The van der Waals surface area contributed by atoms with Gasteiger partial charge in [0.1, 0.15) is 5.82 Å². The SMILES string of the molecule is CN(C)CCNC(=O)NC[C@H]1CC[C@@H]2[C@H](O1)c1cc(C(F)(F)F)ccc1N[C@H]2c1cccc(F)c1. The summed E-state index contributed by atoms with van der Waals surface area (Å²) in [5.74, 6) is -0.573. The van der Waals surface area contributed by atoms with Crippen LogP contribution in [0.2, 0.25) is 0 Å². The number of likely N-dealkylation sites (N-methyl/N-ethyl adjacent to an activating group) is 1. The summed E-state index contributed by atoms with van der Waals surface area (Å²) in [6.45, 7) is 1.43. The van der Waals surface area contributed by atoms with Crippen molar-refractivity contribution in [1.29, 1.82) is 0 Å². The molecule has 4 rings (SSSR count). The number of alkyl halides is 3. The lowest BCUT2D eigenvalue weighted by Crippen LogP contribution is -2.46. The quantitative estimate of drug-likeness (QED) is 0.509. The third-order valence-electron chi connectivity index (χ3n) is 6.52. The molecule has 1 saturated heterocycles. The zero-order valence-corrected chi connectivity index (χ0v) is 19.7. The number of halogens is 4. The summed E-state index contributed by atoms with van der Waals surface area (Å²) in [6.07, 6.45) is -4.21. The first kappa shape index (κ1) is 25.2. The minimum absolute atomic E-state index is 0.196. The Morgan fingerprint density at radius 3 is 2.66 bits per heavy atom. The molecule has 1 fully saturated rings. The van der Waals surface area contributed by atoms with Crippen molar-refractivity contribution in [2.75, 3.05) is 39.0 Å². The van der Waals surface area contributed by atoms with Crippen LogP contribution in [0.3, 0.4) is 0 Å². The molecule has 3 N–H and O–H groups in total. The molecule has 35 heavy (non-hydrogen) atoms. The number of anilines is 1. The van der Waals surface area contributed by atoms with Gasteiger partial charge in [0.25, 0.3) is 0 Å². The van der Waals surface area contributed by atoms with Gasteiger partial charge < -0.3 is 25.6 Å². The highest BCUT2D eigenvalue weighted by molar-refractivity contribution is 5.73. The highest BCUT2D eigenvalue weighted by atomic mass is 19.4. The Bertz CT molecular complexity index is 1050. The largest absolute Gasteiger partial charge is 0.416 e. The molecule has 0 radical (unpaired) electrons. The maximum Gasteiger partial charge on any atom is 0.416 e. The van der Waals surface area contributed by atoms with Crippen LogP contribution in [0, 0.1) is 11.7 Å². The van der Waals surface area contributed by atoms with Crippen LogP contribution in [0.25, 0.3) is 0 Å². The minimum Gasteiger partial charge on any atom is -0.378 e. The third-order valence-corrected chi connectivity index (χ3v) is 6.52. The molecule has 10 heteroatoms. The highest BCUT2D eigenvalue weighted by Crippen LogP contribution is 2.51. The number of hydrogen-bond donors (Lipinski definition) is 3. The number of nitrogens with zero attached hydrogens (tertiary/aromatic N) is 1. The number of carbonyl (C=O) groups excluding carboxylic acids is 1. The van der Waals surface area contributed by atoms with E-state index < -0.39 is 17.8 Å². The lowest BCUT2D eigenvalue weighted by molar-refractivity contribution is -0.138. The molecule has 4 atom stereocenters. The van der Waals surface area contributed by atoms with Crippen LogP contribution in [0.4, 0.5) is 28.0 Å². The molecule has 2 heterocycles. The van der Waals surface area contributed by atoms with E-state index in [1.807, 2.05) is 19.0 Å². The maximum atomic E-state index is 14.0. The predicted molar refractivity (Wildman–Crippen MR) is 125 cm³/mol. The summed E-state index contributed by atoms with van der Waals surface area (Å²) in [5, 5.41) is 8.88. The molecule has 190 valence electrons. The van der Waals surface area contributed by atoms with Crippen molar-refractivity contribution in [3.8, 4) is 0 Å². The van der Waals surface area contributed by atoms with E-state index in [1.54, 1.807) is 12.1 Å². The lowest BCUT2D eigenvalue weighted by Gasteiger charge is -2.46. The van der Waals surface area contributed by atoms with E-state index in [4.69, 9.17) is 4.74 Å². The van der Waals surface area contributed by atoms with E-state index in [9.17, 15) is 22.4 Å². The molecule has 0 aliphatic carbocycles. The van der Waals surface area contributed by atoms with Crippen LogP contribution in [0.5, 0.6) is 0 Å². The van der Waals surface area contributed by atoms with Gasteiger partial charge in [0.05, 0.1) is 23.8 Å². The van der Waals surface area contributed by atoms with Gasteiger partial charge in [-0.15, -0.1) is 0 Å². The Morgan fingerprint density at radius 1 is 1.14 bits per heavy atom.